The molecule has 9 nitrogen and oxygen atoms in total. The molecule has 0 spiro atoms. The topological polar surface area (TPSA) is 97.6 Å². The van der Waals surface area contributed by atoms with E-state index in [0.29, 0.717) is 37.7 Å². The summed E-state index contributed by atoms with van der Waals surface area (Å²) in [6, 6.07) is 5.69. The van der Waals surface area contributed by atoms with Gasteiger partial charge in [0.25, 0.3) is 0 Å². The lowest BCUT2D eigenvalue weighted by Crippen LogP contribution is -2.46. The first-order chi connectivity index (χ1) is 17.1. The third-order valence-electron chi connectivity index (χ3n) is 8.10. The Kier molecular flexibility index (Phi) is 7.36. The van der Waals surface area contributed by atoms with Gasteiger partial charge >= 0.3 is 5.69 Å². The molecule has 4 heterocycles. The molecule has 35 heavy (non-hydrogen) atoms. The molecule has 1 aromatic carbocycles. The van der Waals surface area contributed by atoms with Crippen molar-refractivity contribution in [2.24, 2.45) is 13.0 Å². The maximum absolute atomic E-state index is 13.3. The molecule has 0 saturated carbocycles. The molecular formula is C26H37N5O4. The average molecular weight is 484 g/mol. The number of carbonyl (C=O) groups is 2. The fraction of sp³-hybridized carbons (Fsp3) is 0.654. The Morgan fingerprint density at radius 2 is 1.89 bits per heavy atom. The lowest BCUT2D eigenvalue weighted by molar-refractivity contribution is -0.131. The van der Waals surface area contributed by atoms with Gasteiger partial charge in [-0.2, -0.15) is 0 Å². The van der Waals surface area contributed by atoms with E-state index >= 15 is 0 Å². The normalized spacial score (nSPS) is 24.7. The van der Waals surface area contributed by atoms with Crippen LogP contribution >= 0.6 is 0 Å². The van der Waals surface area contributed by atoms with Crippen molar-refractivity contribution in [3.63, 3.8) is 0 Å². The first-order valence-corrected chi connectivity index (χ1v) is 13.1. The number of aromatic nitrogens is 2. The van der Waals surface area contributed by atoms with Gasteiger partial charge < -0.3 is 20.3 Å². The highest BCUT2D eigenvalue weighted by molar-refractivity contribution is 6.27. The number of hydrogen-bond acceptors (Lipinski definition) is 7. The molecule has 3 aliphatic rings. The molecule has 0 bridgehead atoms. The highest BCUT2D eigenvalue weighted by Gasteiger charge is 2.30. The second kappa shape index (κ2) is 10.6. The number of aldehydes is 1. The van der Waals surface area contributed by atoms with Gasteiger partial charge in [0.05, 0.1) is 34.9 Å². The highest BCUT2D eigenvalue weighted by Crippen LogP contribution is 2.32. The van der Waals surface area contributed by atoms with Gasteiger partial charge in [0.2, 0.25) is 5.78 Å². The second-order valence-corrected chi connectivity index (χ2v) is 10.3. The number of aryl methyl sites for hydroxylation is 1. The molecule has 0 radical (unpaired) electrons. The zero-order chi connectivity index (χ0) is 24.4. The fourth-order valence-electron chi connectivity index (χ4n) is 5.99. The smallest absolute Gasteiger partial charge is 0.329 e. The Bertz CT molecular complexity index is 1100. The number of hydrogen-bond donors (Lipinski definition) is 2. The number of anilines is 1. The summed E-state index contributed by atoms with van der Waals surface area (Å²) >= 11 is 0. The van der Waals surface area contributed by atoms with Crippen LogP contribution in [-0.4, -0.2) is 72.7 Å². The van der Waals surface area contributed by atoms with E-state index in [1.165, 1.54) is 0 Å². The molecule has 3 aliphatic heterocycles. The van der Waals surface area contributed by atoms with Gasteiger partial charge in [-0.25, -0.2) is 4.79 Å². The van der Waals surface area contributed by atoms with E-state index in [9.17, 15) is 14.4 Å². The minimum Gasteiger partial charge on any atom is -0.378 e. The number of nitrogens with zero attached hydrogens (tertiary/aromatic N) is 3. The predicted octanol–water partition coefficient (Wildman–Crippen LogP) is 1.39. The van der Waals surface area contributed by atoms with E-state index in [1.807, 2.05) is 23.7 Å². The summed E-state index contributed by atoms with van der Waals surface area (Å²) < 4.78 is 9.85. The Labute approximate surface area is 205 Å². The van der Waals surface area contributed by atoms with Crippen LogP contribution in [-0.2, 0) is 21.4 Å². The number of carbonyl (C=O) groups excluding carboxylic acids is 2. The lowest BCUT2D eigenvalue weighted by atomic mass is 9.96. The van der Waals surface area contributed by atoms with E-state index in [0.717, 1.165) is 75.2 Å². The fourth-order valence-corrected chi connectivity index (χ4v) is 5.99. The summed E-state index contributed by atoms with van der Waals surface area (Å²) in [6.45, 7) is 5.37. The Morgan fingerprint density at radius 1 is 1.11 bits per heavy atom. The molecule has 0 aliphatic carbocycles. The van der Waals surface area contributed by atoms with Gasteiger partial charge in [-0.15, -0.1) is 0 Å². The summed E-state index contributed by atoms with van der Waals surface area (Å²) in [5.41, 5.74) is 2.97. The van der Waals surface area contributed by atoms with Gasteiger partial charge in [0.15, 0.2) is 6.29 Å². The van der Waals surface area contributed by atoms with Gasteiger partial charge in [0.1, 0.15) is 0 Å². The number of Topliss-reactive ketones (excluding diaryl/α,β-unsaturated/α-hetero) is 1. The minimum absolute atomic E-state index is 0.0373. The van der Waals surface area contributed by atoms with E-state index in [2.05, 4.69) is 21.6 Å². The van der Waals surface area contributed by atoms with Gasteiger partial charge in [0, 0.05) is 33.3 Å². The summed E-state index contributed by atoms with van der Waals surface area (Å²) in [5, 5.41) is 6.55. The zero-order valence-corrected chi connectivity index (χ0v) is 20.6. The van der Waals surface area contributed by atoms with Gasteiger partial charge in [-0.3, -0.25) is 18.7 Å². The number of imidazole rings is 1. The van der Waals surface area contributed by atoms with Crippen LogP contribution in [0.4, 0.5) is 5.69 Å². The highest BCUT2D eigenvalue weighted by atomic mass is 16.5. The van der Waals surface area contributed by atoms with E-state index in [4.69, 9.17) is 4.74 Å². The van der Waals surface area contributed by atoms with Crippen LogP contribution in [0.1, 0.15) is 44.6 Å². The number of para-hydroxylation sites is 1. The number of nitrogens with one attached hydrogen (secondary N) is 2. The van der Waals surface area contributed by atoms with Crippen LogP contribution in [0, 0.1) is 5.92 Å². The number of piperidine rings is 3. The maximum atomic E-state index is 13.3. The van der Waals surface area contributed by atoms with Crippen molar-refractivity contribution in [1.82, 2.24) is 19.8 Å². The van der Waals surface area contributed by atoms with Crippen molar-refractivity contribution in [1.29, 1.82) is 0 Å². The summed E-state index contributed by atoms with van der Waals surface area (Å²) in [4.78, 5) is 38.3. The molecule has 9 heteroatoms. The monoisotopic (exact) mass is 483 g/mol. The standard InChI is InChI=1S/C26H37N5O4/c1-29-25-22(30-13-9-18(10-14-30)17-35-20-7-11-27-12-8-20)3-2-4-23(25)31(26(29)34)19-5-6-21(28-15-19)24(33)16-32/h2-4,16,18-21,27-28H,5-15,17H2,1H3. The van der Waals surface area contributed by atoms with E-state index in [1.54, 1.807) is 4.57 Å². The molecular weight excluding hydrogens is 446 g/mol. The Morgan fingerprint density at radius 3 is 2.57 bits per heavy atom. The van der Waals surface area contributed by atoms with Gasteiger partial charge in [-0.1, -0.05) is 6.07 Å². The molecule has 3 fully saturated rings. The SMILES string of the molecule is Cn1c(=O)n(C2CCC(C(=O)C=O)NC2)c2cccc(N3CCC(COC4CCNCC4)CC3)c21. The number of ether oxygens (including phenoxy) is 1. The van der Waals surface area contributed by atoms with Crippen molar-refractivity contribution >= 4 is 28.8 Å². The van der Waals surface area contributed by atoms with Crippen molar-refractivity contribution in [3.05, 3.63) is 28.7 Å². The van der Waals surface area contributed by atoms with Crippen molar-refractivity contribution < 1.29 is 14.3 Å². The molecule has 2 N–H and O–H groups in total. The van der Waals surface area contributed by atoms with E-state index < -0.39 is 11.8 Å². The molecule has 2 atom stereocenters. The van der Waals surface area contributed by atoms with E-state index in [-0.39, 0.29) is 11.7 Å². The molecule has 2 aromatic rings. The van der Waals surface area contributed by atoms with Crippen LogP contribution in [0.25, 0.3) is 11.0 Å². The van der Waals surface area contributed by atoms with Crippen LogP contribution < -0.4 is 21.2 Å². The Hall–Kier alpha value is -2.49. The molecule has 5 rings (SSSR count). The third-order valence-corrected chi connectivity index (χ3v) is 8.10. The quantitative estimate of drug-likeness (QED) is 0.454. The van der Waals surface area contributed by atoms with Crippen molar-refractivity contribution in [2.45, 2.75) is 56.7 Å². The summed E-state index contributed by atoms with van der Waals surface area (Å²) in [5.74, 6) is 0.171. The van der Waals surface area contributed by atoms with Gasteiger partial charge in [-0.05, 0) is 69.7 Å². The number of benzene rings is 1. The summed E-state index contributed by atoms with van der Waals surface area (Å²) in [7, 11) is 1.85. The van der Waals surface area contributed by atoms with Crippen LogP contribution in [0.5, 0.6) is 0 Å². The lowest BCUT2D eigenvalue weighted by Gasteiger charge is -2.35. The Balaban J connectivity index is 1.28. The number of fused-ring (bicyclic) bond motifs is 1. The molecule has 1 aromatic heterocycles. The first kappa shape index (κ1) is 24.2. The minimum atomic E-state index is -0.440. The van der Waals surface area contributed by atoms with Crippen molar-refractivity contribution in [3.8, 4) is 0 Å². The van der Waals surface area contributed by atoms with Crippen molar-refractivity contribution in [2.75, 3.05) is 44.2 Å². The maximum Gasteiger partial charge on any atom is 0.329 e. The molecule has 3 saturated heterocycles. The zero-order valence-electron chi connectivity index (χ0n) is 20.6. The molecule has 190 valence electrons. The van der Waals surface area contributed by atoms with Crippen LogP contribution in [0.2, 0.25) is 0 Å². The third kappa shape index (κ3) is 4.94. The largest absolute Gasteiger partial charge is 0.378 e. The molecule has 2 unspecified atom stereocenters. The average Bonchev–Trinajstić information content (AvgIpc) is 3.17. The predicted molar refractivity (Wildman–Crippen MR) is 135 cm³/mol. The summed E-state index contributed by atoms with van der Waals surface area (Å²) in [6.07, 6.45) is 6.42. The van der Waals surface area contributed by atoms with Crippen LogP contribution in [0.3, 0.4) is 0 Å². The second-order valence-electron chi connectivity index (χ2n) is 10.3. The number of rotatable bonds is 7. The molecule has 0 amide bonds. The number of ketones is 1. The first-order valence-electron chi connectivity index (χ1n) is 13.1. The van der Waals surface area contributed by atoms with Crippen LogP contribution in [0.15, 0.2) is 23.0 Å².